The molecule has 0 bridgehead atoms. The van der Waals surface area contributed by atoms with Gasteiger partial charge in [0, 0.05) is 35.6 Å². The average molecular weight is 324 g/mol. The van der Waals surface area contributed by atoms with Gasteiger partial charge in [-0.25, -0.2) is 0 Å². The molecule has 0 aromatic heterocycles. The average Bonchev–Trinajstić information content (AvgIpc) is 2.67. The van der Waals surface area contributed by atoms with Crippen LogP contribution in [-0.4, -0.2) is 24.5 Å². The molecule has 4 heteroatoms. The van der Waals surface area contributed by atoms with Crippen LogP contribution in [0.5, 0.6) is 0 Å². The summed E-state index contributed by atoms with van der Waals surface area (Å²) in [6.45, 7) is 2.15. The number of carbonyl (C=O) groups is 1. The first-order chi connectivity index (χ1) is 11.8. The molecule has 3 N–H and O–H groups in total. The Bertz CT molecular complexity index is 699. The minimum atomic E-state index is 0.135. The number of para-hydroxylation sites is 2. The van der Waals surface area contributed by atoms with E-state index in [4.69, 9.17) is 5.11 Å². The third-order valence-corrected chi connectivity index (χ3v) is 4.57. The highest BCUT2D eigenvalue weighted by Crippen LogP contribution is 2.26. The number of anilines is 2. The Kier molecular flexibility index (Phi) is 5.49. The highest BCUT2D eigenvalue weighted by molar-refractivity contribution is 5.85. The Morgan fingerprint density at radius 1 is 0.917 bits per heavy atom. The summed E-state index contributed by atoms with van der Waals surface area (Å²) >= 11 is 0. The minimum Gasteiger partial charge on any atom is -0.392 e. The minimum absolute atomic E-state index is 0.135. The molecule has 24 heavy (non-hydrogen) atoms. The van der Waals surface area contributed by atoms with Crippen LogP contribution in [0.2, 0.25) is 0 Å². The van der Waals surface area contributed by atoms with Gasteiger partial charge in [0.1, 0.15) is 0 Å². The molecular formula is C20H24N2O2. The number of rotatable bonds is 2. The van der Waals surface area contributed by atoms with E-state index in [1.54, 1.807) is 0 Å². The van der Waals surface area contributed by atoms with E-state index in [-0.39, 0.29) is 6.61 Å². The monoisotopic (exact) mass is 324 g/mol. The van der Waals surface area contributed by atoms with E-state index < -0.39 is 0 Å². The Morgan fingerprint density at radius 3 is 2.21 bits per heavy atom. The highest BCUT2D eigenvalue weighted by Gasteiger charge is 2.11. The van der Waals surface area contributed by atoms with Gasteiger partial charge in [-0.2, -0.15) is 0 Å². The van der Waals surface area contributed by atoms with Crippen LogP contribution in [-0.2, 0) is 19.4 Å². The number of hydrogen-bond donors (Lipinski definition) is 3. The summed E-state index contributed by atoms with van der Waals surface area (Å²) in [4.78, 5) is 10.6. The predicted octanol–water partition coefficient (Wildman–Crippen LogP) is 3.39. The van der Waals surface area contributed by atoms with Gasteiger partial charge in [0.05, 0.1) is 6.61 Å². The molecule has 0 atom stereocenters. The smallest absolute Gasteiger partial charge is 0.152 e. The van der Waals surface area contributed by atoms with Crippen molar-refractivity contribution in [1.82, 2.24) is 0 Å². The number of hydrogen-bond acceptors (Lipinski definition) is 4. The van der Waals surface area contributed by atoms with E-state index in [1.807, 2.05) is 24.3 Å². The van der Waals surface area contributed by atoms with Gasteiger partial charge >= 0.3 is 0 Å². The molecule has 0 fully saturated rings. The lowest BCUT2D eigenvalue weighted by molar-refractivity contribution is 0.112. The molecule has 2 aliphatic rings. The molecular weight excluding hydrogens is 300 g/mol. The molecule has 0 amide bonds. The predicted molar refractivity (Wildman–Crippen MR) is 97.8 cm³/mol. The number of nitrogens with one attached hydrogen (secondary N) is 2. The summed E-state index contributed by atoms with van der Waals surface area (Å²) < 4.78 is 0. The zero-order valence-electron chi connectivity index (χ0n) is 13.8. The second-order valence-electron chi connectivity index (χ2n) is 6.17. The van der Waals surface area contributed by atoms with Crippen molar-refractivity contribution in [2.75, 3.05) is 23.7 Å². The van der Waals surface area contributed by atoms with Gasteiger partial charge in [-0.05, 0) is 42.9 Å². The van der Waals surface area contributed by atoms with Gasteiger partial charge in [0.25, 0.3) is 0 Å². The van der Waals surface area contributed by atoms with Gasteiger partial charge in [-0.3, -0.25) is 4.79 Å². The van der Waals surface area contributed by atoms with Crippen LogP contribution >= 0.6 is 0 Å². The third kappa shape index (κ3) is 3.60. The van der Waals surface area contributed by atoms with Crippen LogP contribution in [0.4, 0.5) is 11.4 Å². The molecule has 0 spiro atoms. The van der Waals surface area contributed by atoms with E-state index in [2.05, 4.69) is 22.8 Å². The van der Waals surface area contributed by atoms with Gasteiger partial charge in [-0.15, -0.1) is 0 Å². The van der Waals surface area contributed by atoms with Crippen molar-refractivity contribution in [1.29, 1.82) is 0 Å². The molecule has 0 saturated carbocycles. The molecule has 0 saturated heterocycles. The fraction of sp³-hybridized carbons (Fsp3) is 0.350. The number of aryl methyl sites for hydroxylation is 2. The lowest BCUT2D eigenvalue weighted by Gasteiger charge is -2.20. The normalized spacial score (nSPS) is 14.9. The van der Waals surface area contributed by atoms with Crippen molar-refractivity contribution in [3.8, 4) is 0 Å². The Morgan fingerprint density at radius 2 is 1.54 bits per heavy atom. The van der Waals surface area contributed by atoms with E-state index >= 15 is 0 Å². The fourth-order valence-electron chi connectivity index (χ4n) is 3.35. The first-order valence-corrected chi connectivity index (χ1v) is 8.60. The summed E-state index contributed by atoms with van der Waals surface area (Å²) in [6.07, 6.45) is 5.49. The van der Waals surface area contributed by atoms with E-state index in [9.17, 15) is 4.79 Å². The van der Waals surface area contributed by atoms with Gasteiger partial charge in [0.2, 0.25) is 0 Å². The topological polar surface area (TPSA) is 61.4 Å². The van der Waals surface area contributed by atoms with Crippen molar-refractivity contribution in [3.05, 3.63) is 58.7 Å². The number of aliphatic hydroxyl groups is 1. The van der Waals surface area contributed by atoms with Crippen LogP contribution in [0.1, 0.15) is 39.9 Å². The zero-order valence-corrected chi connectivity index (χ0v) is 13.8. The van der Waals surface area contributed by atoms with E-state index in [0.29, 0.717) is 0 Å². The maximum Gasteiger partial charge on any atom is 0.152 e. The number of benzene rings is 2. The maximum atomic E-state index is 10.6. The summed E-state index contributed by atoms with van der Waals surface area (Å²) in [6, 6.07) is 12.0. The summed E-state index contributed by atoms with van der Waals surface area (Å²) in [7, 11) is 0. The maximum absolute atomic E-state index is 10.6. The number of aldehydes is 1. The van der Waals surface area contributed by atoms with Crippen LogP contribution < -0.4 is 10.6 Å². The number of fused-ring (bicyclic) bond motifs is 2. The molecule has 4 rings (SSSR count). The van der Waals surface area contributed by atoms with Crippen molar-refractivity contribution in [2.45, 2.75) is 32.3 Å². The molecule has 126 valence electrons. The van der Waals surface area contributed by atoms with E-state index in [1.165, 1.54) is 17.5 Å². The number of aliphatic hydroxyl groups excluding tert-OH is 1. The first kappa shape index (κ1) is 16.5. The highest BCUT2D eigenvalue weighted by atomic mass is 16.3. The quantitative estimate of drug-likeness (QED) is 0.741. The molecule has 2 aromatic rings. The lowest BCUT2D eigenvalue weighted by Crippen LogP contribution is -2.13. The Balaban J connectivity index is 0.000000141. The van der Waals surface area contributed by atoms with Crippen molar-refractivity contribution >= 4 is 17.7 Å². The standard InChI is InChI=1S/C10H13NO.C10H11NO/c2*12-7-9-4-1-3-8-5-2-6-11-10(8)9/h1,3-4,11-12H,2,5-7H2;1,3-4,7,11H,2,5-6H2. The van der Waals surface area contributed by atoms with Crippen LogP contribution in [0.3, 0.4) is 0 Å². The Hall–Kier alpha value is -2.33. The van der Waals surface area contributed by atoms with Crippen LogP contribution in [0, 0.1) is 0 Å². The van der Waals surface area contributed by atoms with Crippen molar-refractivity contribution in [3.63, 3.8) is 0 Å². The largest absolute Gasteiger partial charge is 0.392 e. The molecule has 0 aliphatic carbocycles. The summed E-state index contributed by atoms with van der Waals surface area (Å²) in [5.74, 6) is 0. The summed E-state index contributed by atoms with van der Waals surface area (Å²) in [5.41, 5.74) is 6.61. The van der Waals surface area contributed by atoms with Crippen molar-refractivity contribution < 1.29 is 9.90 Å². The fourth-order valence-corrected chi connectivity index (χ4v) is 3.35. The number of carbonyl (C=O) groups excluding carboxylic acids is 1. The lowest BCUT2D eigenvalue weighted by atomic mass is 10.00. The van der Waals surface area contributed by atoms with E-state index in [0.717, 1.165) is 61.1 Å². The molecule has 0 radical (unpaired) electrons. The molecule has 0 unspecified atom stereocenters. The van der Waals surface area contributed by atoms with Gasteiger partial charge in [-0.1, -0.05) is 30.3 Å². The second-order valence-corrected chi connectivity index (χ2v) is 6.17. The second kappa shape index (κ2) is 7.97. The molecule has 2 aromatic carbocycles. The molecule has 2 heterocycles. The third-order valence-electron chi connectivity index (χ3n) is 4.57. The summed E-state index contributed by atoms with van der Waals surface area (Å²) in [5, 5.41) is 15.6. The van der Waals surface area contributed by atoms with Crippen LogP contribution in [0.25, 0.3) is 0 Å². The zero-order chi connectivity index (χ0) is 16.8. The van der Waals surface area contributed by atoms with Crippen molar-refractivity contribution in [2.24, 2.45) is 0 Å². The molecule has 4 nitrogen and oxygen atoms in total. The van der Waals surface area contributed by atoms with Gasteiger partial charge in [0.15, 0.2) is 6.29 Å². The van der Waals surface area contributed by atoms with Crippen LogP contribution in [0.15, 0.2) is 36.4 Å². The van der Waals surface area contributed by atoms with Gasteiger partial charge < -0.3 is 15.7 Å². The Labute approximate surface area is 142 Å². The first-order valence-electron chi connectivity index (χ1n) is 8.60. The molecule has 2 aliphatic heterocycles. The SMILES string of the molecule is O=Cc1cccc2c1NCCC2.OCc1cccc2c1NCCC2.